The van der Waals surface area contributed by atoms with E-state index >= 15 is 0 Å². The first-order chi connectivity index (χ1) is 6.90. The molecule has 0 radical (unpaired) electrons. The van der Waals surface area contributed by atoms with Crippen LogP contribution in [0.3, 0.4) is 0 Å². The lowest BCUT2D eigenvalue weighted by atomic mass is 10.4. The molecule has 0 amide bonds. The van der Waals surface area contributed by atoms with Gasteiger partial charge in [0.25, 0.3) is 0 Å². The maximum atomic E-state index is 4.28. The van der Waals surface area contributed by atoms with Gasteiger partial charge < -0.3 is 0 Å². The first kappa shape index (κ1) is 9.52. The van der Waals surface area contributed by atoms with Gasteiger partial charge in [-0.05, 0) is 18.2 Å². The lowest BCUT2D eigenvalue weighted by Crippen LogP contribution is -1.81. The van der Waals surface area contributed by atoms with Gasteiger partial charge in [-0.2, -0.15) is 5.10 Å². The Morgan fingerprint density at radius 1 is 1.43 bits per heavy atom. The average molecular weight is 207 g/mol. The van der Waals surface area contributed by atoms with Crippen molar-refractivity contribution >= 4 is 22.8 Å². The highest BCUT2D eigenvalue weighted by Gasteiger charge is 1.99. The number of nitrogens with one attached hydrogen (secondary N) is 1. The normalized spacial score (nSPS) is 10.9. The van der Waals surface area contributed by atoms with Gasteiger partial charge in [0.05, 0.1) is 6.20 Å². The summed E-state index contributed by atoms with van der Waals surface area (Å²) in [6.07, 6.45) is 6.22. The van der Waals surface area contributed by atoms with Crippen molar-refractivity contribution in [2.45, 2.75) is 24.7 Å². The van der Waals surface area contributed by atoms with E-state index in [4.69, 9.17) is 0 Å². The molecule has 0 unspecified atom stereocenters. The fraction of sp³-hybridized carbons (Fsp3) is 0.400. The third-order valence-corrected chi connectivity index (χ3v) is 3.08. The van der Waals surface area contributed by atoms with Crippen molar-refractivity contribution in [1.29, 1.82) is 0 Å². The molecule has 0 bridgehead atoms. The third kappa shape index (κ3) is 2.07. The van der Waals surface area contributed by atoms with Crippen molar-refractivity contribution in [3.63, 3.8) is 0 Å². The molecular weight excluding hydrogens is 194 g/mol. The number of rotatable bonds is 4. The van der Waals surface area contributed by atoms with E-state index in [2.05, 4.69) is 28.2 Å². The van der Waals surface area contributed by atoms with Crippen LogP contribution in [-0.4, -0.2) is 20.9 Å². The van der Waals surface area contributed by atoms with E-state index in [1.54, 1.807) is 0 Å². The van der Waals surface area contributed by atoms with Gasteiger partial charge in [-0.3, -0.25) is 5.10 Å². The van der Waals surface area contributed by atoms with Crippen LogP contribution in [0.5, 0.6) is 0 Å². The molecule has 3 nitrogen and oxygen atoms in total. The standard InChI is InChI=1S/C10H13N3S/c1-2-3-4-14-9-5-8-6-12-13-10(8)11-7-9/h5-7H,2-4H2,1H3,(H,11,12,13). The van der Waals surface area contributed by atoms with E-state index in [0.717, 1.165) is 11.0 Å². The van der Waals surface area contributed by atoms with Crippen molar-refractivity contribution in [3.05, 3.63) is 18.5 Å². The molecule has 0 spiro atoms. The third-order valence-electron chi connectivity index (χ3n) is 2.03. The van der Waals surface area contributed by atoms with E-state index < -0.39 is 0 Å². The molecule has 0 fully saturated rings. The van der Waals surface area contributed by atoms with Gasteiger partial charge in [0.15, 0.2) is 5.65 Å². The summed E-state index contributed by atoms with van der Waals surface area (Å²) in [6.45, 7) is 2.21. The van der Waals surface area contributed by atoms with Crippen LogP contribution in [0.1, 0.15) is 19.8 Å². The Labute approximate surface area is 87.3 Å². The molecule has 2 aromatic rings. The summed E-state index contributed by atoms with van der Waals surface area (Å²) >= 11 is 1.86. The summed E-state index contributed by atoms with van der Waals surface area (Å²) in [5.41, 5.74) is 0.866. The summed E-state index contributed by atoms with van der Waals surface area (Å²) in [4.78, 5) is 5.51. The predicted molar refractivity (Wildman–Crippen MR) is 59.5 cm³/mol. The molecule has 2 rings (SSSR count). The minimum Gasteiger partial charge on any atom is -0.261 e. The second-order valence-electron chi connectivity index (χ2n) is 3.18. The van der Waals surface area contributed by atoms with E-state index in [1.165, 1.54) is 23.5 Å². The molecule has 0 aliphatic rings. The van der Waals surface area contributed by atoms with Crippen molar-refractivity contribution in [2.75, 3.05) is 5.75 Å². The van der Waals surface area contributed by atoms with E-state index in [-0.39, 0.29) is 0 Å². The van der Waals surface area contributed by atoms with Crippen molar-refractivity contribution in [2.24, 2.45) is 0 Å². The first-order valence-corrected chi connectivity index (χ1v) is 5.80. The van der Waals surface area contributed by atoms with Gasteiger partial charge in [0, 0.05) is 16.5 Å². The zero-order chi connectivity index (χ0) is 9.80. The second-order valence-corrected chi connectivity index (χ2v) is 4.35. The van der Waals surface area contributed by atoms with Crippen LogP contribution >= 0.6 is 11.8 Å². The summed E-state index contributed by atoms with van der Waals surface area (Å²) in [5, 5.41) is 7.88. The van der Waals surface area contributed by atoms with E-state index in [9.17, 15) is 0 Å². The summed E-state index contributed by atoms with van der Waals surface area (Å²) in [7, 11) is 0. The largest absolute Gasteiger partial charge is 0.261 e. The van der Waals surface area contributed by atoms with Crippen LogP contribution in [-0.2, 0) is 0 Å². The number of aromatic nitrogens is 3. The molecule has 0 aliphatic heterocycles. The highest BCUT2D eigenvalue weighted by molar-refractivity contribution is 7.99. The summed E-state index contributed by atoms with van der Waals surface area (Å²) in [6, 6.07) is 2.13. The first-order valence-electron chi connectivity index (χ1n) is 4.82. The number of nitrogens with zero attached hydrogens (tertiary/aromatic N) is 2. The van der Waals surface area contributed by atoms with Gasteiger partial charge in [-0.1, -0.05) is 13.3 Å². The molecule has 0 aliphatic carbocycles. The predicted octanol–water partition coefficient (Wildman–Crippen LogP) is 2.85. The Morgan fingerprint density at radius 3 is 3.21 bits per heavy atom. The number of hydrogen-bond donors (Lipinski definition) is 1. The van der Waals surface area contributed by atoms with E-state index in [0.29, 0.717) is 0 Å². The quantitative estimate of drug-likeness (QED) is 0.619. The lowest BCUT2D eigenvalue weighted by molar-refractivity contribution is 0.896. The number of hydrogen-bond acceptors (Lipinski definition) is 3. The van der Waals surface area contributed by atoms with Gasteiger partial charge in [-0.25, -0.2) is 4.98 Å². The Hall–Kier alpha value is -1.03. The van der Waals surface area contributed by atoms with Crippen LogP contribution < -0.4 is 0 Å². The van der Waals surface area contributed by atoms with Crippen molar-refractivity contribution in [1.82, 2.24) is 15.2 Å². The summed E-state index contributed by atoms with van der Waals surface area (Å²) < 4.78 is 0. The Morgan fingerprint density at radius 2 is 2.36 bits per heavy atom. The van der Waals surface area contributed by atoms with E-state index in [1.807, 2.05) is 24.2 Å². The van der Waals surface area contributed by atoms with Crippen molar-refractivity contribution in [3.8, 4) is 0 Å². The maximum Gasteiger partial charge on any atom is 0.155 e. The molecule has 0 saturated carbocycles. The van der Waals surface area contributed by atoms with Gasteiger partial charge in [0.1, 0.15) is 0 Å². The SMILES string of the molecule is CCCCSc1cnc2[nH]ncc2c1. The molecule has 1 N–H and O–H groups in total. The molecule has 0 atom stereocenters. The smallest absolute Gasteiger partial charge is 0.155 e. The fourth-order valence-corrected chi connectivity index (χ4v) is 2.24. The number of fused-ring (bicyclic) bond motifs is 1. The number of pyridine rings is 1. The zero-order valence-electron chi connectivity index (χ0n) is 8.16. The number of aromatic amines is 1. The average Bonchev–Trinajstić information content (AvgIpc) is 2.65. The molecule has 74 valence electrons. The summed E-state index contributed by atoms with van der Waals surface area (Å²) in [5.74, 6) is 1.17. The lowest BCUT2D eigenvalue weighted by Gasteiger charge is -1.99. The molecular formula is C10H13N3S. The topological polar surface area (TPSA) is 41.6 Å². The maximum absolute atomic E-state index is 4.28. The fourth-order valence-electron chi connectivity index (χ4n) is 1.23. The molecule has 4 heteroatoms. The molecule has 0 aromatic carbocycles. The van der Waals surface area contributed by atoms with Gasteiger partial charge in [0.2, 0.25) is 0 Å². The van der Waals surface area contributed by atoms with Gasteiger partial charge >= 0.3 is 0 Å². The zero-order valence-corrected chi connectivity index (χ0v) is 8.97. The Balaban J connectivity index is 2.10. The van der Waals surface area contributed by atoms with Crippen LogP contribution in [0.25, 0.3) is 11.0 Å². The molecule has 2 heterocycles. The van der Waals surface area contributed by atoms with Crippen LogP contribution in [0.4, 0.5) is 0 Å². The van der Waals surface area contributed by atoms with Crippen LogP contribution in [0.2, 0.25) is 0 Å². The number of H-pyrrole nitrogens is 1. The Kier molecular flexibility index (Phi) is 3.03. The highest BCUT2D eigenvalue weighted by Crippen LogP contribution is 2.21. The second kappa shape index (κ2) is 4.46. The van der Waals surface area contributed by atoms with Crippen LogP contribution in [0.15, 0.2) is 23.4 Å². The molecule has 14 heavy (non-hydrogen) atoms. The minimum absolute atomic E-state index is 0.866. The Bertz CT molecular complexity index is 410. The monoisotopic (exact) mass is 207 g/mol. The van der Waals surface area contributed by atoms with Crippen molar-refractivity contribution < 1.29 is 0 Å². The number of thioether (sulfide) groups is 1. The number of unbranched alkanes of at least 4 members (excludes halogenated alkanes) is 1. The highest BCUT2D eigenvalue weighted by atomic mass is 32.2. The molecule has 2 aromatic heterocycles. The minimum atomic E-state index is 0.866. The molecule has 0 saturated heterocycles. The van der Waals surface area contributed by atoms with Crippen LogP contribution in [0, 0.1) is 0 Å². The van der Waals surface area contributed by atoms with Gasteiger partial charge in [-0.15, -0.1) is 11.8 Å².